The van der Waals surface area contributed by atoms with Gasteiger partial charge < -0.3 is 15.8 Å². The van der Waals surface area contributed by atoms with Gasteiger partial charge in [0.1, 0.15) is 0 Å². The molecule has 0 aromatic heterocycles. The zero-order valence-corrected chi connectivity index (χ0v) is 12.2. The van der Waals surface area contributed by atoms with E-state index in [1.54, 1.807) is 7.11 Å². The third-order valence-corrected chi connectivity index (χ3v) is 4.48. The molecular formula is C16H23N3O. The van der Waals surface area contributed by atoms with E-state index >= 15 is 0 Å². The van der Waals surface area contributed by atoms with Crippen LogP contribution >= 0.6 is 0 Å². The molecule has 2 aliphatic rings. The number of nitrogens with zero attached hydrogens (tertiary/aromatic N) is 1. The third kappa shape index (κ3) is 2.52. The Morgan fingerprint density at radius 2 is 2.30 bits per heavy atom. The van der Waals surface area contributed by atoms with Gasteiger partial charge in [-0.05, 0) is 42.2 Å². The number of hydrogen-bond acceptors (Lipinski definition) is 2. The molecule has 2 aliphatic carbocycles. The number of hydrogen-bond donors (Lipinski definition) is 2. The SMILES string of the molecule is COCC(C)NC(N)=NCC1C2Cc3ccccc3C12. The molecule has 0 amide bonds. The largest absolute Gasteiger partial charge is 0.383 e. The van der Waals surface area contributed by atoms with Gasteiger partial charge in [-0.15, -0.1) is 0 Å². The lowest BCUT2D eigenvalue weighted by molar-refractivity contribution is 0.179. The maximum atomic E-state index is 5.91. The summed E-state index contributed by atoms with van der Waals surface area (Å²) in [5.41, 5.74) is 8.98. The number of guanidine groups is 1. The molecule has 0 aliphatic heterocycles. The van der Waals surface area contributed by atoms with Gasteiger partial charge >= 0.3 is 0 Å². The van der Waals surface area contributed by atoms with E-state index in [0.717, 1.165) is 18.4 Å². The summed E-state index contributed by atoms with van der Waals surface area (Å²) in [6.07, 6.45) is 1.22. The highest BCUT2D eigenvalue weighted by atomic mass is 16.5. The summed E-state index contributed by atoms with van der Waals surface area (Å²) in [5, 5.41) is 3.15. The summed E-state index contributed by atoms with van der Waals surface area (Å²) >= 11 is 0. The van der Waals surface area contributed by atoms with Crippen LogP contribution in [0, 0.1) is 11.8 Å². The molecule has 3 N–H and O–H groups in total. The van der Waals surface area contributed by atoms with E-state index in [2.05, 4.69) is 34.6 Å². The monoisotopic (exact) mass is 273 g/mol. The number of nitrogens with one attached hydrogen (secondary N) is 1. The zero-order valence-electron chi connectivity index (χ0n) is 12.2. The van der Waals surface area contributed by atoms with Gasteiger partial charge in [0.25, 0.3) is 0 Å². The van der Waals surface area contributed by atoms with Crippen LogP contribution < -0.4 is 11.1 Å². The summed E-state index contributed by atoms with van der Waals surface area (Å²) in [6, 6.07) is 9.00. The molecule has 4 nitrogen and oxygen atoms in total. The number of ether oxygens (including phenoxy) is 1. The molecule has 0 spiro atoms. The predicted octanol–water partition coefficient (Wildman–Crippen LogP) is 1.51. The van der Waals surface area contributed by atoms with Crippen molar-refractivity contribution in [2.45, 2.75) is 25.3 Å². The Bertz CT molecular complexity index is 514. The molecule has 1 saturated carbocycles. The van der Waals surface area contributed by atoms with Crippen molar-refractivity contribution < 1.29 is 4.74 Å². The van der Waals surface area contributed by atoms with Crippen LogP contribution in [0.5, 0.6) is 0 Å². The lowest BCUT2D eigenvalue weighted by Gasteiger charge is -2.13. The number of nitrogens with two attached hydrogens (primary N) is 1. The molecular weight excluding hydrogens is 250 g/mol. The van der Waals surface area contributed by atoms with Crippen molar-refractivity contribution in [3.63, 3.8) is 0 Å². The molecule has 4 atom stereocenters. The highest BCUT2D eigenvalue weighted by molar-refractivity contribution is 5.78. The minimum absolute atomic E-state index is 0.197. The Morgan fingerprint density at radius 1 is 1.50 bits per heavy atom. The number of methoxy groups -OCH3 is 1. The molecule has 0 radical (unpaired) electrons. The molecule has 0 heterocycles. The molecule has 3 rings (SSSR count). The normalized spacial score (nSPS) is 28.7. The topological polar surface area (TPSA) is 59.6 Å². The third-order valence-electron chi connectivity index (χ3n) is 4.48. The van der Waals surface area contributed by atoms with Gasteiger partial charge in [0, 0.05) is 19.7 Å². The Balaban J connectivity index is 1.52. The lowest BCUT2D eigenvalue weighted by Crippen LogP contribution is -2.40. The fourth-order valence-electron chi connectivity index (χ4n) is 3.53. The molecule has 4 heteroatoms. The van der Waals surface area contributed by atoms with E-state index < -0.39 is 0 Å². The van der Waals surface area contributed by atoms with Crippen molar-refractivity contribution >= 4 is 5.96 Å². The van der Waals surface area contributed by atoms with Crippen LogP contribution in [-0.2, 0) is 11.2 Å². The first-order chi connectivity index (χ1) is 9.70. The quantitative estimate of drug-likeness (QED) is 0.631. The van der Waals surface area contributed by atoms with E-state index in [1.165, 1.54) is 17.5 Å². The van der Waals surface area contributed by atoms with E-state index in [9.17, 15) is 0 Å². The fourth-order valence-corrected chi connectivity index (χ4v) is 3.53. The zero-order chi connectivity index (χ0) is 14.1. The van der Waals surface area contributed by atoms with Crippen LogP contribution in [0.3, 0.4) is 0 Å². The molecule has 1 aromatic carbocycles. The molecule has 1 fully saturated rings. The van der Waals surface area contributed by atoms with Gasteiger partial charge in [-0.3, -0.25) is 4.99 Å². The minimum atomic E-state index is 0.197. The minimum Gasteiger partial charge on any atom is -0.383 e. The maximum absolute atomic E-state index is 5.91. The van der Waals surface area contributed by atoms with Gasteiger partial charge in [0.2, 0.25) is 0 Å². The average molecular weight is 273 g/mol. The van der Waals surface area contributed by atoms with Crippen molar-refractivity contribution in [1.29, 1.82) is 0 Å². The van der Waals surface area contributed by atoms with E-state index in [-0.39, 0.29) is 6.04 Å². The molecule has 1 aromatic rings. The summed E-state index contributed by atoms with van der Waals surface area (Å²) in [5.74, 6) is 2.73. The Kier molecular flexibility index (Phi) is 3.66. The first-order valence-corrected chi connectivity index (χ1v) is 7.34. The standard InChI is InChI=1S/C16H23N3O/c1-10(9-20-2)19-16(17)18-8-14-13-7-11-5-3-4-6-12(11)15(13)14/h3-6,10,13-15H,7-9H2,1-2H3,(H3,17,18,19). The molecule has 108 valence electrons. The van der Waals surface area contributed by atoms with Crippen molar-refractivity contribution in [2.24, 2.45) is 22.6 Å². The number of aliphatic imine (C=N–C) groups is 1. The van der Waals surface area contributed by atoms with Gasteiger partial charge in [-0.25, -0.2) is 0 Å². The summed E-state index contributed by atoms with van der Waals surface area (Å²) < 4.78 is 5.07. The van der Waals surface area contributed by atoms with Gasteiger partial charge in [-0.1, -0.05) is 24.3 Å². The molecule has 20 heavy (non-hydrogen) atoms. The Labute approximate surface area is 120 Å². The Hall–Kier alpha value is -1.55. The molecule has 0 bridgehead atoms. The Morgan fingerprint density at radius 3 is 3.10 bits per heavy atom. The van der Waals surface area contributed by atoms with Crippen molar-refractivity contribution in [3.05, 3.63) is 35.4 Å². The first-order valence-electron chi connectivity index (χ1n) is 7.34. The van der Waals surface area contributed by atoms with E-state index in [0.29, 0.717) is 18.5 Å². The lowest BCUT2D eigenvalue weighted by atomic mass is 10.0. The van der Waals surface area contributed by atoms with Crippen molar-refractivity contribution in [1.82, 2.24) is 5.32 Å². The maximum Gasteiger partial charge on any atom is 0.188 e. The number of rotatable bonds is 5. The second-order valence-corrected chi connectivity index (χ2v) is 5.98. The highest BCUT2D eigenvalue weighted by Gasteiger charge is 2.54. The summed E-state index contributed by atoms with van der Waals surface area (Å²) in [7, 11) is 1.69. The van der Waals surface area contributed by atoms with Crippen LogP contribution in [0.2, 0.25) is 0 Å². The summed E-state index contributed by atoms with van der Waals surface area (Å²) in [6.45, 7) is 3.51. The van der Waals surface area contributed by atoms with Crippen LogP contribution in [0.15, 0.2) is 29.3 Å². The number of benzene rings is 1. The predicted molar refractivity (Wildman–Crippen MR) is 80.8 cm³/mol. The number of fused-ring (bicyclic) bond motifs is 3. The molecule has 4 unspecified atom stereocenters. The molecule has 0 saturated heterocycles. The van der Waals surface area contributed by atoms with Gasteiger partial charge in [-0.2, -0.15) is 0 Å². The average Bonchev–Trinajstić information content (AvgIpc) is 2.96. The van der Waals surface area contributed by atoms with Crippen LogP contribution in [-0.4, -0.2) is 32.3 Å². The van der Waals surface area contributed by atoms with Crippen LogP contribution in [0.1, 0.15) is 24.0 Å². The van der Waals surface area contributed by atoms with Gasteiger partial charge in [0.15, 0.2) is 5.96 Å². The van der Waals surface area contributed by atoms with Crippen molar-refractivity contribution in [2.75, 3.05) is 20.3 Å². The van der Waals surface area contributed by atoms with E-state index in [4.69, 9.17) is 10.5 Å². The second kappa shape index (κ2) is 5.44. The fraction of sp³-hybridized carbons (Fsp3) is 0.562. The highest BCUT2D eigenvalue weighted by Crippen LogP contribution is 2.61. The first kappa shape index (κ1) is 13.4. The van der Waals surface area contributed by atoms with Gasteiger partial charge in [0.05, 0.1) is 6.61 Å². The van der Waals surface area contributed by atoms with Crippen LogP contribution in [0.4, 0.5) is 0 Å². The summed E-state index contributed by atoms with van der Waals surface area (Å²) in [4.78, 5) is 4.49. The second-order valence-electron chi connectivity index (χ2n) is 5.98. The smallest absolute Gasteiger partial charge is 0.188 e. The van der Waals surface area contributed by atoms with E-state index in [1.807, 2.05) is 6.92 Å². The van der Waals surface area contributed by atoms with Crippen LogP contribution in [0.25, 0.3) is 0 Å². The van der Waals surface area contributed by atoms with Crippen molar-refractivity contribution in [3.8, 4) is 0 Å².